The lowest BCUT2D eigenvalue weighted by atomic mass is 10.1. The summed E-state index contributed by atoms with van der Waals surface area (Å²) >= 11 is 6.83. The summed E-state index contributed by atoms with van der Waals surface area (Å²) in [6.45, 7) is 0. The number of rotatable bonds is 6. The Balaban J connectivity index is 2.10. The standard InChI is InChI=1S/C19H16Br2O3/c1-23-18-9-13(7-15(20)11-18)3-5-17(22)6-4-14-8-16(21)12-19(10-14)24-2/h3-12H,1-2H3/b5-3+,6-4+. The predicted molar refractivity (Wildman–Crippen MR) is 104 cm³/mol. The lowest BCUT2D eigenvalue weighted by molar-refractivity contribution is -0.110. The molecule has 0 spiro atoms. The van der Waals surface area contributed by atoms with Gasteiger partial charge in [-0.1, -0.05) is 44.0 Å². The molecule has 0 bridgehead atoms. The second-order valence-corrected chi connectivity index (χ2v) is 6.75. The maximum absolute atomic E-state index is 12.0. The van der Waals surface area contributed by atoms with E-state index in [9.17, 15) is 4.79 Å². The molecule has 0 heterocycles. The summed E-state index contributed by atoms with van der Waals surface area (Å²) in [6, 6.07) is 11.3. The molecule has 2 rings (SSSR count). The van der Waals surface area contributed by atoms with Gasteiger partial charge in [0, 0.05) is 8.95 Å². The summed E-state index contributed by atoms with van der Waals surface area (Å²) in [5, 5.41) is 0. The largest absolute Gasteiger partial charge is 0.497 e. The number of hydrogen-bond donors (Lipinski definition) is 0. The van der Waals surface area contributed by atoms with Crippen molar-refractivity contribution in [1.82, 2.24) is 0 Å². The minimum atomic E-state index is -0.104. The van der Waals surface area contributed by atoms with Crippen molar-refractivity contribution in [2.75, 3.05) is 14.2 Å². The Morgan fingerprint density at radius 1 is 0.792 bits per heavy atom. The molecule has 2 aromatic rings. The summed E-state index contributed by atoms with van der Waals surface area (Å²) in [7, 11) is 3.21. The van der Waals surface area contributed by atoms with Crippen LogP contribution in [0.2, 0.25) is 0 Å². The first kappa shape index (κ1) is 18.5. The fourth-order valence-corrected chi connectivity index (χ4v) is 2.99. The first-order chi connectivity index (χ1) is 11.5. The first-order valence-corrected chi connectivity index (χ1v) is 8.68. The van der Waals surface area contributed by atoms with Crippen LogP contribution >= 0.6 is 31.9 Å². The molecule has 2 aromatic carbocycles. The highest BCUT2D eigenvalue weighted by atomic mass is 79.9. The lowest BCUT2D eigenvalue weighted by Crippen LogP contribution is -1.87. The molecule has 24 heavy (non-hydrogen) atoms. The van der Waals surface area contributed by atoms with Crippen LogP contribution in [0.1, 0.15) is 11.1 Å². The molecule has 0 aliphatic heterocycles. The Morgan fingerprint density at radius 3 is 1.58 bits per heavy atom. The van der Waals surface area contributed by atoms with E-state index in [0.717, 1.165) is 31.6 Å². The van der Waals surface area contributed by atoms with Gasteiger partial charge in [-0.05, 0) is 59.7 Å². The molecular weight excluding hydrogens is 436 g/mol. The van der Waals surface area contributed by atoms with Gasteiger partial charge >= 0.3 is 0 Å². The zero-order valence-electron chi connectivity index (χ0n) is 13.3. The van der Waals surface area contributed by atoms with E-state index in [4.69, 9.17) is 9.47 Å². The van der Waals surface area contributed by atoms with Gasteiger partial charge in [0.1, 0.15) is 11.5 Å². The monoisotopic (exact) mass is 450 g/mol. The van der Waals surface area contributed by atoms with Crippen LogP contribution in [0.3, 0.4) is 0 Å². The fraction of sp³-hybridized carbons (Fsp3) is 0.105. The summed E-state index contributed by atoms with van der Waals surface area (Å²) in [5.41, 5.74) is 1.76. The Labute approximate surface area is 158 Å². The molecule has 0 amide bonds. The average molecular weight is 452 g/mol. The van der Waals surface area contributed by atoms with Crippen molar-refractivity contribution in [3.8, 4) is 11.5 Å². The van der Waals surface area contributed by atoms with E-state index in [1.165, 1.54) is 12.2 Å². The lowest BCUT2D eigenvalue weighted by Gasteiger charge is -2.02. The van der Waals surface area contributed by atoms with Crippen molar-refractivity contribution in [3.05, 3.63) is 68.6 Å². The van der Waals surface area contributed by atoms with Gasteiger partial charge < -0.3 is 9.47 Å². The maximum Gasteiger partial charge on any atom is 0.178 e. The second-order valence-electron chi connectivity index (χ2n) is 4.92. The smallest absolute Gasteiger partial charge is 0.178 e. The van der Waals surface area contributed by atoms with Crippen molar-refractivity contribution in [2.45, 2.75) is 0 Å². The van der Waals surface area contributed by atoms with Crippen molar-refractivity contribution in [1.29, 1.82) is 0 Å². The molecule has 0 radical (unpaired) electrons. The third-order valence-corrected chi connectivity index (χ3v) is 4.05. The van der Waals surface area contributed by atoms with Gasteiger partial charge in [0.15, 0.2) is 5.78 Å². The van der Waals surface area contributed by atoms with Gasteiger partial charge in [0.25, 0.3) is 0 Å². The number of allylic oxidation sites excluding steroid dienone is 2. The van der Waals surface area contributed by atoms with Crippen LogP contribution in [0.5, 0.6) is 11.5 Å². The molecule has 0 fully saturated rings. The summed E-state index contributed by atoms with van der Waals surface area (Å²) in [5.74, 6) is 1.36. The van der Waals surface area contributed by atoms with Crippen molar-refractivity contribution in [2.24, 2.45) is 0 Å². The number of hydrogen-bond acceptors (Lipinski definition) is 3. The molecule has 0 atom stereocenters. The van der Waals surface area contributed by atoms with Crippen LogP contribution < -0.4 is 9.47 Å². The highest BCUT2D eigenvalue weighted by Gasteiger charge is 1.99. The van der Waals surface area contributed by atoms with E-state index in [-0.39, 0.29) is 5.78 Å². The normalized spacial score (nSPS) is 11.2. The van der Waals surface area contributed by atoms with E-state index >= 15 is 0 Å². The van der Waals surface area contributed by atoms with Gasteiger partial charge in [0.05, 0.1) is 14.2 Å². The van der Waals surface area contributed by atoms with E-state index in [0.29, 0.717) is 0 Å². The van der Waals surface area contributed by atoms with Gasteiger partial charge in [-0.15, -0.1) is 0 Å². The molecule has 0 N–H and O–H groups in total. The zero-order chi connectivity index (χ0) is 17.5. The van der Waals surface area contributed by atoms with E-state index in [1.807, 2.05) is 36.4 Å². The van der Waals surface area contributed by atoms with Crippen LogP contribution in [0, 0.1) is 0 Å². The Bertz CT molecular complexity index is 730. The van der Waals surface area contributed by atoms with Crippen LogP contribution in [-0.4, -0.2) is 20.0 Å². The minimum absolute atomic E-state index is 0.104. The molecule has 3 nitrogen and oxygen atoms in total. The van der Waals surface area contributed by atoms with Crippen LogP contribution in [0.4, 0.5) is 0 Å². The molecule has 0 unspecified atom stereocenters. The molecule has 0 saturated heterocycles. The number of ether oxygens (including phenoxy) is 2. The number of halogens is 2. The molecule has 5 heteroatoms. The molecule has 0 saturated carbocycles. The number of carbonyl (C=O) groups is 1. The summed E-state index contributed by atoms with van der Waals surface area (Å²) in [4.78, 5) is 12.0. The van der Waals surface area contributed by atoms with Crippen molar-refractivity contribution in [3.63, 3.8) is 0 Å². The molecule has 0 aliphatic carbocycles. The Morgan fingerprint density at radius 2 is 1.21 bits per heavy atom. The molecule has 0 aromatic heterocycles. The van der Waals surface area contributed by atoms with Crippen LogP contribution in [0.15, 0.2) is 57.5 Å². The fourth-order valence-electron chi connectivity index (χ4n) is 2.01. The second kappa shape index (κ2) is 8.85. The van der Waals surface area contributed by atoms with Gasteiger partial charge in [-0.25, -0.2) is 0 Å². The van der Waals surface area contributed by atoms with Crippen molar-refractivity contribution < 1.29 is 14.3 Å². The molecule has 124 valence electrons. The van der Waals surface area contributed by atoms with Gasteiger partial charge in [-0.2, -0.15) is 0 Å². The highest BCUT2D eigenvalue weighted by Crippen LogP contribution is 2.23. The highest BCUT2D eigenvalue weighted by molar-refractivity contribution is 9.10. The van der Waals surface area contributed by atoms with E-state index in [1.54, 1.807) is 26.4 Å². The van der Waals surface area contributed by atoms with Crippen molar-refractivity contribution >= 4 is 49.8 Å². The maximum atomic E-state index is 12.0. The summed E-state index contributed by atoms with van der Waals surface area (Å²) in [6.07, 6.45) is 6.54. The Kier molecular flexibility index (Phi) is 6.82. The minimum Gasteiger partial charge on any atom is -0.497 e. The number of ketones is 1. The topological polar surface area (TPSA) is 35.5 Å². The number of methoxy groups -OCH3 is 2. The molecule has 0 aliphatic rings. The van der Waals surface area contributed by atoms with Crippen LogP contribution in [-0.2, 0) is 4.79 Å². The quantitative estimate of drug-likeness (QED) is 0.542. The summed E-state index contributed by atoms with van der Waals surface area (Å²) < 4.78 is 12.2. The van der Waals surface area contributed by atoms with E-state index < -0.39 is 0 Å². The third kappa shape index (κ3) is 5.65. The first-order valence-electron chi connectivity index (χ1n) is 7.09. The SMILES string of the molecule is COc1cc(Br)cc(/C=C/C(=O)/C=C/c2cc(Br)cc(OC)c2)c1. The van der Waals surface area contributed by atoms with E-state index in [2.05, 4.69) is 31.9 Å². The third-order valence-electron chi connectivity index (χ3n) is 3.14. The predicted octanol–water partition coefficient (Wildman–Crippen LogP) is 5.52. The van der Waals surface area contributed by atoms with Gasteiger partial charge in [0.2, 0.25) is 0 Å². The van der Waals surface area contributed by atoms with Crippen LogP contribution in [0.25, 0.3) is 12.2 Å². The number of carbonyl (C=O) groups excluding carboxylic acids is 1. The zero-order valence-corrected chi connectivity index (χ0v) is 16.4. The number of benzene rings is 2. The average Bonchev–Trinajstić information content (AvgIpc) is 2.57. The Hall–Kier alpha value is -1.85. The molecular formula is C19H16Br2O3. The van der Waals surface area contributed by atoms with Gasteiger partial charge in [-0.3, -0.25) is 4.79 Å².